The third-order valence-corrected chi connectivity index (χ3v) is 5.20. The van der Waals surface area contributed by atoms with Gasteiger partial charge in [0.2, 0.25) is 0 Å². The molecule has 0 unspecified atom stereocenters. The Kier molecular flexibility index (Phi) is 5.83. The maximum Gasteiger partial charge on any atom is 0.272 e. The maximum atomic E-state index is 12.6. The fourth-order valence-electron chi connectivity index (χ4n) is 3.65. The molecule has 1 aromatic heterocycles. The Hall–Kier alpha value is -2.92. The lowest BCUT2D eigenvalue weighted by Crippen LogP contribution is -2.25. The van der Waals surface area contributed by atoms with Crippen molar-refractivity contribution in [1.82, 2.24) is 15.5 Å². The Morgan fingerprint density at radius 1 is 0.964 bits per heavy atom. The predicted molar refractivity (Wildman–Crippen MR) is 108 cm³/mol. The Morgan fingerprint density at radius 3 is 2.57 bits per heavy atom. The molecule has 1 heterocycles. The number of aromatic amines is 1. The van der Waals surface area contributed by atoms with Crippen molar-refractivity contribution in [2.75, 3.05) is 0 Å². The van der Waals surface area contributed by atoms with Gasteiger partial charge in [-0.15, -0.1) is 0 Å². The lowest BCUT2D eigenvalue weighted by Gasteiger charge is -2.13. The van der Waals surface area contributed by atoms with Crippen LogP contribution in [0.5, 0.6) is 0 Å². The lowest BCUT2D eigenvalue weighted by molar-refractivity contribution is 0.0941. The summed E-state index contributed by atoms with van der Waals surface area (Å²) in [5.74, 6) is -0.112. The minimum absolute atomic E-state index is 0.112. The molecular weight excluding hydrogens is 350 g/mol. The number of amides is 1. The minimum atomic E-state index is -0.112. The second-order valence-electron chi connectivity index (χ2n) is 7.17. The number of fused-ring (bicyclic) bond motifs is 1. The first kappa shape index (κ1) is 18.4. The number of aryl methyl sites for hydroxylation is 1. The molecule has 0 saturated carbocycles. The zero-order valence-corrected chi connectivity index (χ0v) is 15.9. The van der Waals surface area contributed by atoms with Crippen LogP contribution in [0.1, 0.15) is 51.3 Å². The summed E-state index contributed by atoms with van der Waals surface area (Å²) in [6, 6.07) is 18.2. The normalized spacial score (nSPS) is 13.1. The molecule has 2 N–H and O–H groups in total. The second-order valence-corrected chi connectivity index (χ2v) is 7.17. The van der Waals surface area contributed by atoms with E-state index in [-0.39, 0.29) is 5.91 Å². The topological polar surface area (TPSA) is 67.0 Å². The Balaban J connectivity index is 1.36. The maximum absolute atomic E-state index is 12.6. The van der Waals surface area contributed by atoms with Gasteiger partial charge in [-0.2, -0.15) is 5.10 Å². The molecule has 5 nitrogen and oxygen atoms in total. The largest absolute Gasteiger partial charge is 0.372 e. The molecule has 144 valence electrons. The van der Waals surface area contributed by atoms with Gasteiger partial charge in [0.25, 0.3) is 5.91 Å². The summed E-state index contributed by atoms with van der Waals surface area (Å²) in [6.45, 7) is 1.55. The van der Waals surface area contributed by atoms with Crippen molar-refractivity contribution in [2.24, 2.45) is 0 Å². The number of hydrogen-bond acceptors (Lipinski definition) is 3. The highest BCUT2D eigenvalue weighted by atomic mass is 16.5. The molecule has 5 heteroatoms. The first-order valence-corrected chi connectivity index (χ1v) is 9.84. The van der Waals surface area contributed by atoms with Gasteiger partial charge >= 0.3 is 0 Å². The Morgan fingerprint density at radius 2 is 1.71 bits per heavy atom. The monoisotopic (exact) mass is 375 g/mol. The highest BCUT2D eigenvalue weighted by Gasteiger charge is 2.21. The summed E-state index contributed by atoms with van der Waals surface area (Å²) in [5.41, 5.74) is 6.05. The summed E-state index contributed by atoms with van der Waals surface area (Å²) < 4.78 is 5.87. The van der Waals surface area contributed by atoms with E-state index in [0.717, 1.165) is 53.6 Å². The number of benzene rings is 2. The Labute approximate surface area is 165 Å². The van der Waals surface area contributed by atoms with Gasteiger partial charge in [-0.25, -0.2) is 0 Å². The summed E-state index contributed by atoms with van der Waals surface area (Å²) in [5, 5.41) is 10.3. The van der Waals surface area contributed by atoms with Gasteiger partial charge < -0.3 is 10.1 Å². The molecular formula is C23H25N3O2. The highest BCUT2D eigenvalue weighted by Crippen LogP contribution is 2.22. The third-order valence-electron chi connectivity index (χ3n) is 5.20. The van der Waals surface area contributed by atoms with Gasteiger partial charge in [-0.3, -0.25) is 9.89 Å². The number of ether oxygens (including phenoxy) is 1. The van der Waals surface area contributed by atoms with E-state index in [4.69, 9.17) is 4.74 Å². The Bertz CT molecular complexity index is 934. The van der Waals surface area contributed by atoms with Crippen LogP contribution in [0.15, 0.2) is 54.6 Å². The van der Waals surface area contributed by atoms with E-state index in [1.165, 1.54) is 0 Å². The zero-order valence-electron chi connectivity index (χ0n) is 15.9. The van der Waals surface area contributed by atoms with Crippen molar-refractivity contribution in [3.05, 3.63) is 88.2 Å². The number of carbonyl (C=O) groups is 1. The summed E-state index contributed by atoms with van der Waals surface area (Å²) in [7, 11) is 0. The van der Waals surface area contributed by atoms with Gasteiger partial charge in [0.05, 0.1) is 13.2 Å². The van der Waals surface area contributed by atoms with Crippen molar-refractivity contribution < 1.29 is 9.53 Å². The SMILES string of the molecule is O=C(NCc1ccccc1COCc1ccccc1)c1n[nH]c2c1CCCC2. The fraction of sp³-hybridized carbons (Fsp3) is 0.304. The van der Waals surface area contributed by atoms with Gasteiger partial charge in [0, 0.05) is 17.8 Å². The smallest absolute Gasteiger partial charge is 0.272 e. The van der Waals surface area contributed by atoms with Gasteiger partial charge in [-0.1, -0.05) is 54.6 Å². The van der Waals surface area contributed by atoms with Crippen molar-refractivity contribution in [3.63, 3.8) is 0 Å². The van der Waals surface area contributed by atoms with Crippen molar-refractivity contribution in [3.8, 4) is 0 Å². The molecule has 1 amide bonds. The van der Waals surface area contributed by atoms with Crippen LogP contribution in [-0.2, 0) is 37.3 Å². The van der Waals surface area contributed by atoms with E-state index in [0.29, 0.717) is 25.5 Å². The molecule has 3 aromatic rings. The molecule has 1 aliphatic rings. The van der Waals surface area contributed by atoms with Crippen LogP contribution in [0, 0.1) is 0 Å². The molecule has 0 bridgehead atoms. The molecule has 28 heavy (non-hydrogen) atoms. The van der Waals surface area contributed by atoms with Gasteiger partial charge in [-0.05, 0) is 42.4 Å². The third kappa shape index (κ3) is 4.31. The first-order valence-electron chi connectivity index (χ1n) is 9.84. The number of aromatic nitrogens is 2. The molecule has 0 saturated heterocycles. The number of rotatable bonds is 7. The minimum Gasteiger partial charge on any atom is -0.372 e. The number of carbonyl (C=O) groups excluding carboxylic acids is 1. The molecule has 2 aromatic carbocycles. The van der Waals surface area contributed by atoms with E-state index < -0.39 is 0 Å². The summed E-state index contributed by atoms with van der Waals surface area (Å²) in [6.07, 6.45) is 4.19. The second kappa shape index (κ2) is 8.85. The van der Waals surface area contributed by atoms with Crippen LogP contribution in [0.4, 0.5) is 0 Å². The van der Waals surface area contributed by atoms with Crippen LogP contribution in [-0.4, -0.2) is 16.1 Å². The van der Waals surface area contributed by atoms with Gasteiger partial charge in [0.15, 0.2) is 5.69 Å². The predicted octanol–water partition coefficient (Wildman–Crippen LogP) is 3.94. The molecule has 0 fully saturated rings. The summed E-state index contributed by atoms with van der Waals surface area (Å²) >= 11 is 0. The van der Waals surface area contributed by atoms with Crippen molar-refractivity contribution >= 4 is 5.91 Å². The first-order chi connectivity index (χ1) is 13.8. The average Bonchev–Trinajstić information content (AvgIpc) is 3.18. The fourth-order valence-corrected chi connectivity index (χ4v) is 3.65. The quantitative estimate of drug-likeness (QED) is 0.657. The van der Waals surface area contributed by atoms with Gasteiger partial charge in [0.1, 0.15) is 0 Å². The van der Waals surface area contributed by atoms with Crippen molar-refractivity contribution in [2.45, 2.75) is 45.4 Å². The van der Waals surface area contributed by atoms with Crippen LogP contribution in [0.25, 0.3) is 0 Å². The molecule has 0 aliphatic heterocycles. The molecule has 1 aliphatic carbocycles. The average molecular weight is 375 g/mol. The lowest BCUT2D eigenvalue weighted by atomic mass is 9.96. The van der Waals surface area contributed by atoms with E-state index in [1.807, 2.05) is 42.5 Å². The van der Waals surface area contributed by atoms with Crippen LogP contribution in [0.2, 0.25) is 0 Å². The van der Waals surface area contributed by atoms with E-state index >= 15 is 0 Å². The van der Waals surface area contributed by atoms with Crippen LogP contribution >= 0.6 is 0 Å². The van der Waals surface area contributed by atoms with Crippen molar-refractivity contribution in [1.29, 1.82) is 0 Å². The standard InChI is InChI=1S/C23H25N3O2/c27-23(22-20-12-6-7-13-21(20)25-26-22)24-14-18-10-4-5-11-19(18)16-28-15-17-8-2-1-3-9-17/h1-5,8-11H,6-7,12-16H2,(H,24,27)(H,25,26). The molecule has 0 atom stereocenters. The number of nitrogens with one attached hydrogen (secondary N) is 2. The van der Waals surface area contributed by atoms with E-state index in [1.54, 1.807) is 0 Å². The van der Waals surface area contributed by atoms with E-state index in [2.05, 4.69) is 27.6 Å². The number of hydrogen-bond donors (Lipinski definition) is 2. The molecule has 0 radical (unpaired) electrons. The van der Waals surface area contributed by atoms with Crippen LogP contribution in [0.3, 0.4) is 0 Å². The van der Waals surface area contributed by atoms with Crippen LogP contribution < -0.4 is 5.32 Å². The number of H-pyrrole nitrogens is 1. The molecule has 0 spiro atoms. The highest BCUT2D eigenvalue weighted by molar-refractivity contribution is 5.94. The zero-order chi connectivity index (χ0) is 19.2. The summed E-state index contributed by atoms with van der Waals surface area (Å²) in [4.78, 5) is 12.6. The van der Waals surface area contributed by atoms with E-state index in [9.17, 15) is 4.79 Å². The molecule has 4 rings (SSSR count). The number of nitrogens with zero attached hydrogens (tertiary/aromatic N) is 1.